The number of nitriles is 1. The minimum Gasteiger partial charge on any atom is -0.324 e. The Morgan fingerprint density at radius 1 is 1.17 bits per heavy atom. The molecule has 4 aromatic rings. The van der Waals surface area contributed by atoms with E-state index < -0.39 is 11.0 Å². The number of hydrogen-bond donors (Lipinski definition) is 2. The van der Waals surface area contributed by atoms with Gasteiger partial charge in [-0.3, -0.25) is 10.1 Å². The zero-order valence-electron chi connectivity index (χ0n) is 20.9. The van der Waals surface area contributed by atoms with E-state index in [0.29, 0.717) is 35.8 Å². The molecule has 1 atom stereocenters. The summed E-state index contributed by atoms with van der Waals surface area (Å²) < 4.78 is 2.02. The zero-order valence-corrected chi connectivity index (χ0v) is 20.9. The van der Waals surface area contributed by atoms with Gasteiger partial charge >= 0.3 is 0 Å². The largest absolute Gasteiger partial charge is 0.324 e. The van der Waals surface area contributed by atoms with Crippen LogP contribution in [0.1, 0.15) is 39.1 Å². The first kappa shape index (κ1) is 23.5. The fraction of sp³-hybridized carbons (Fsp3) is 0.346. The molecule has 1 aromatic carbocycles. The van der Waals surface area contributed by atoms with Gasteiger partial charge in [0.2, 0.25) is 5.91 Å². The summed E-state index contributed by atoms with van der Waals surface area (Å²) in [5.74, 6) is 1.25. The van der Waals surface area contributed by atoms with Crippen LogP contribution in [0.2, 0.25) is 0 Å². The van der Waals surface area contributed by atoms with Crippen LogP contribution >= 0.6 is 0 Å². The molecule has 0 aliphatic carbocycles. The minimum absolute atomic E-state index is 0.159. The van der Waals surface area contributed by atoms with E-state index in [0.717, 1.165) is 28.2 Å². The van der Waals surface area contributed by atoms with Crippen molar-refractivity contribution in [2.75, 3.05) is 11.9 Å². The third-order valence-electron chi connectivity index (χ3n) is 6.61. The summed E-state index contributed by atoms with van der Waals surface area (Å²) in [7, 11) is 0. The third kappa shape index (κ3) is 3.78. The molecule has 0 radical (unpaired) electrons. The van der Waals surface area contributed by atoms with Gasteiger partial charge in [-0.1, -0.05) is 6.07 Å². The summed E-state index contributed by atoms with van der Waals surface area (Å²) in [5.41, 5.74) is 3.58. The van der Waals surface area contributed by atoms with E-state index in [4.69, 9.17) is 4.98 Å². The topological polar surface area (TPSA) is 134 Å². The van der Waals surface area contributed by atoms with Gasteiger partial charge in [0.15, 0.2) is 5.65 Å². The van der Waals surface area contributed by atoms with Crippen LogP contribution in [0.15, 0.2) is 36.9 Å². The lowest BCUT2D eigenvalue weighted by Gasteiger charge is -2.28. The van der Waals surface area contributed by atoms with Crippen LogP contribution in [0, 0.1) is 23.7 Å². The van der Waals surface area contributed by atoms with E-state index in [9.17, 15) is 10.1 Å². The molecule has 4 heterocycles. The highest BCUT2D eigenvalue weighted by atomic mass is 16.2. The van der Waals surface area contributed by atoms with Crippen molar-refractivity contribution < 1.29 is 4.79 Å². The summed E-state index contributed by atoms with van der Waals surface area (Å²) in [6.07, 6.45) is 5.05. The number of nitrogens with zero attached hydrogens (tertiary/aromatic N) is 7. The second-order valence-corrected chi connectivity index (χ2v) is 9.78. The molecule has 0 spiro atoms. The smallest absolute Gasteiger partial charge is 0.249 e. The molecule has 0 fully saturated rings. The van der Waals surface area contributed by atoms with Gasteiger partial charge in [0.05, 0.1) is 17.0 Å². The fourth-order valence-corrected chi connectivity index (χ4v) is 4.37. The van der Waals surface area contributed by atoms with Crippen molar-refractivity contribution >= 4 is 22.8 Å². The second kappa shape index (κ2) is 8.46. The number of anilines is 1. The average molecular weight is 482 g/mol. The van der Waals surface area contributed by atoms with Crippen molar-refractivity contribution in [3.63, 3.8) is 0 Å². The molecule has 36 heavy (non-hydrogen) atoms. The molecule has 5 rings (SSSR count). The number of hydrogen-bond acceptors (Lipinski definition) is 8. The molecular formula is C26H27N9O. The number of carbonyl (C=O) groups excluding carboxylic acids is 1. The summed E-state index contributed by atoms with van der Waals surface area (Å²) in [6, 6.07) is 8.04. The average Bonchev–Trinajstić information content (AvgIpc) is 3.38. The van der Waals surface area contributed by atoms with Crippen molar-refractivity contribution in [2.45, 2.75) is 46.7 Å². The van der Waals surface area contributed by atoms with Crippen LogP contribution in [-0.2, 0) is 16.9 Å². The summed E-state index contributed by atoms with van der Waals surface area (Å²) >= 11 is 0. The van der Waals surface area contributed by atoms with Gasteiger partial charge in [0.25, 0.3) is 0 Å². The first-order valence-electron chi connectivity index (χ1n) is 11.8. The van der Waals surface area contributed by atoms with Gasteiger partial charge in [-0.25, -0.2) is 24.9 Å². The molecule has 2 N–H and O–H groups in total. The normalized spacial score (nSPS) is 17.2. The Kier molecular flexibility index (Phi) is 5.53. The molecular weight excluding hydrogens is 454 g/mol. The third-order valence-corrected chi connectivity index (χ3v) is 6.61. The molecule has 1 aliphatic rings. The standard InChI is InChI=1S/C26H27N9O/c1-6-35-22(17-10-28-15(2)29-11-17)34-21-20(30-14-31-23(21)35)16-7-8-19-18(9-16)26(5,24(36)33-19)32-13-25(3,4)12-27/h7-11,14,32H,6,13H2,1-5H3,(H,33,36)/t26-/m1/s1. The van der Waals surface area contributed by atoms with Crippen molar-refractivity contribution in [2.24, 2.45) is 5.41 Å². The number of rotatable bonds is 6. The highest BCUT2D eigenvalue weighted by molar-refractivity contribution is 6.06. The van der Waals surface area contributed by atoms with E-state index >= 15 is 0 Å². The molecule has 10 nitrogen and oxygen atoms in total. The van der Waals surface area contributed by atoms with E-state index in [1.807, 2.05) is 57.4 Å². The van der Waals surface area contributed by atoms with E-state index in [1.54, 1.807) is 12.4 Å². The lowest BCUT2D eigenvalue weighted by Crippen LogP contribution is -2.48. The molecule has 1 amide bonds. The quantitative estimate of drug-likeness (QED) is 0.427. The molecule has 0 unspecified atom stereocenters. The first-order chi connectivity index (χ1) is 17.2. The summed E-state index contributed by atoms with van der Waals surface area (Å²) in [6.45, 7) is 10.4. The number of amides is 1. The molecule has 182 valence electrons. The molecule has 0 saturated heterocycles. The number of fused-ring (bicyclic) bond motifs is 2. The number of benzene rings is 1. The number of aryl methyl sites for hydroxylation is 2. The van der Waals surface area contributed by atoms with E-state index in [2.05, 4.69) is 36.6 Å². The number of nitrogens with one attached hydrogen (secondary N) is 2. The van der Waals surface area contributed by atoms with Gasteiger partial charge in [-0.05, 0) is 46.8 Å². The Morgan fingerprint density at radius 3 is 2.61 bits per heavy atom. The highest BCUT2D eigenvalue weighted by Gasteiger charge is 2.43. The van der Waals surface area contributed by atoms with Gasteiger partial charge in [-0.2, -0.15) is 5.26 Å². The van der Waals surface area contributed by atoms with Gasteiger partial charge < -0.3 is 9.88 Å². The molecule has 0 saturated carbocycles. The summed E-state index contributed by atoms with van der Waals surface area (Å²) in [5, 5.41) is 15.7. The number of aromatic nitrogens is 6. The maximum atomic E-state index is 13.0. The SMILES string of the molecule is CCn1c(-c2cnc(C)nc2)nc2c(-c3ccc4c(c3)[C@@](C)(NCC(C)(C)C#N)C(=O)N4)ncnc21. The Bertz CT molecular complexity index is 1530. The van der Waals surface area contributed by atoms with Gasteiger partial charge in [0.1, 0.15) is 34.7 Å². The van der Waals surface area contributed by atoms with Crippen molar-refractivity contribution in [1.29, 1.82) is 5.26 Å². The maximum Gasteiger partial charge on any atom is 0.249 e. The van der Waals surface area contributed by atoms with Crippen molar-refractivity contribution in [3.8, 4) is 28.7 Å². The Labute approximate surface area is 208 Å². The summed E-state index contributed by atoms with van der Waals surface area (Å²) in [4.78, 5) is 35.6. The van der Waals surface area contributed by atoms with Crippen molar-refractivity contribution in [3.05, 3.63) is 48.3 Å². The van der Waals surface area contributed by atoms with Crippen molar-refractivity contribution in [1.82, 2.24) is 34.8 Å². The predicted molar refractivity (Wildman–Crippen MR) is 136 cm³/mol. The van der Waals surface area contributed by atoms with Crippen LogP contribution < -0.4 is 10.6 Å². The monoisotopic (exact) mass is 481 g/mol. The molecule has 3 aromatic heterocycles. The van der Waals surface area contributed by atoms with E-state index in [-0.39, 0.29) is 5.91 Å². The fourth-order valence-electron chi connectivity index (χ4n) is 4.37. The van der Waals surface area contributed by atoms with Crippen LogP contribution in [-0.4, -0.2) is 41.9 Å². The highest BCUT2D eigenvalue weighted by Crippen LogP contribution is 2.39. The predicted octanol–water partition coefficient (Wildman–Crippen LogP) is 3.59. The van der Waals surface area contributed by atoms with Gasteiger partial charge in [0, 0.05) is 42.3 Å². The second-order valence-electron chi connectivity index (χ2n) is 9.78. The molecule has 10 heteroatoms. The Morgan fingerprint density at radius 2 is 1.92 bits per heavy atom. The van der Waals surface area contributed by atoms with Crippen LogP contribution in [0.5, 0.6) is 0 Å². The minimum atomic E-state index is -0.987. The molecule has 0 bridgehead atoms. The van der Waals surface area contributed by atoms with Crippen LogP contribution in [0.3, 0.4) is 0 Å². The lowest BCUT2D eigenvalue weighted by atomic mass is 9.88. The Balaban J connectivity index is 1.62. The van der Waals surface area contributed by atoms with E-state index in [1.165, 1.54) is 6.33 Å². The van der Waals surface area contributed by atoms with Gasteiger partial charge in [-0.15, -0.1) is 0 Å². The first-order valence-corrected chi connectivity index (χ1v) is 11.8. The Hall–Kier alpha value is -4.23. The molecule has 1 aliphatic heterocycles. The number of imidazole rings is 1. The number of carbonyl (C=O) groups is 1. The van der Waals surface area contributed by atoms with Crippen LogP contribution in [0.25, 0.3) is 33.8 Å². The van der Waals surface area contributed by atoms with Crippen LogP contribution in [0.4, 0.5) is 5.69 Å². The lowest BCUT2D eigenvalue weighted by molar-refractivity contribution is -0.121. The zero-order chi connectivity index (χ0) is 25.7. The maximum absolute atomic E-state index is 13.0.